The molecule has 132 valence electrons. The molecule has 1 atom stereocenters. The highest BCUT2D eigenvalue weighted by atomic mass is 35.5. The molecule has 2 N–H and O–H groups in total. The number of hydrogen-bond donors (Lipinski definition) is 2. The van der Waals surface area contributed by atoms with Crippen LogP contribution in [0.1, 0.15) is 31.9 Å². The van der Waals surface area contributed by atoms with Crippen molar-refractivity contribution in [1.29, 1.82) is 0 Å². The summed E-state index contributed by atoms with van der Waals surface area (Å²) in [5.41, 5.74) is 1.53. The fraction of sp³-hybridized carbons (Fsp3) is 0.316. The number of benzene rings is 2. The van der Waals surface area contributed by atoms with E-state index in [0.717, 1.165) is 29.2 Å². The molecule has 0 saturated heterocycles. The van der Waals surface area contributed by atoms with Gasteiger partial charge in [-0.05, 0) is 50.3 Å². The van der Waals surface area contributed by atoms with Gasteiger partial charge in [-0.15, -0.1) is 0 Å². The zero-order valence-electron chi connectivity index (χ0n) is 14.4. The van der Waals surface area contributed by atoms with Gasteiger partial charge in [-0.2, -0.15) is 0 Å². The molecule has 4 nitrogen and oxygen atoms in total. The summed E-state index contributed by atoms with van der Waals surface area (Å²) in [6, 6.07) is 13.4. The van der Waals surface area contributed by atoms with Crippen LogP contribution in [0.25, 0.3) is 0 Å². The number of nitrogens with one attached hydrogen (secondary N) is 2. The Morgan fingerprint density at radius 2 is 2.04 bits per heavy atom. The van der Waals surface area contributed by atoms with Crippen LogP contribution in [-0.4, -0.2) is 17.8 Å². The van der Waals surface area contributed by atoms with Crippen molar-refractivity contribution in [3.63, 3.8) is 0 Å². The maximum Gasteiger partial charge on any atom is 0.171 e. The molecule has 0 bridgehead atoms. The smallest absolute Gasteiger partial charge is 0.171 e. The van der Waals surface area contributed by atoms with E-state index in [-0.39, 0.29) is 11.6 Å². The number of ether oxygens (including phenoxy) is 2. The van der Waals surface area contributed by atoms with Crippen molar-refractivity contribution in [3.05, 3.63) is 53.1 Å². The first kappa shape index (κ1) is 17.8. The molecule has 2 aromatic carbocycles. The van der Waals surface area contributed by atoms with Crippen molar-refractivity contribution >= 4 is 34.6 Å². The molecule has 1 unspecified atom stereocenters. The third-order valence-electron chi connectivity index (χ3n) is 4.11. The summed E-state index contributed by atoms with van der Waals surface area (Å²) in [6.45, 7) is 4.13. The van der Waals surface area contributed by atoms with E-state index in [0.29, 0.717) is 10.1 Å². The topological polar surface area (TPSA) is 42.5 Å². The second-order valence-electron chi connectivity index (χ2n) is 6.60. The number of fused-ring (bicyclic) bond motifs is 1. The average molecular weight is 377 g/mol. The summed E-state index contributed by atoms with van der Waals surface area (Å²) >= 11 is 11.7. The molecule has 6 heteroatoms. The lowest BCUT2D eigenvalue weighted by molar-refractivity contribution is 0.0693. The first-order valence-electron chi connectivity index (χ1n) is 8.07. The Balaban J connectivity index is 1.80. The van der Waals surface area contributed by atoms with Crippen LogP contribution < -0.4 is 20.1 Å². The summed E-state index contributed by atoms with van der Waals surface area (Å²) in [7, 11) is 1.65. The summed E-state index contributed by atoms with van der Waals surface area (Å²) < 4.78 is 11.4. The summed E-state index contributed by atoms with van der Waals surface area (Å²) in [6.07, 6.45) is 0.788. The Labute approximate surface area is 158 Å². The van der Waals surface area contributed by atoms with E-state index in [2.05, 4.69) is 24.5 Å². The van der Waals surface area contributed by atoms with E-state index < -0.39 is 0 Å². The molecule has 1 aliphatic rings. The number of hydrogen-bond acceptors (Lipinski definition) is 3. The minimum Gasteiger partial charge on any atom is -0.497 e. The van der Waals surface area contributed by atoms with E-state index in [1.165, 1.54) is 0 Å². The van der Waals surface area contributed by atoms with Gasteiger partial charge < -0.3 is 20.1 Å². The SMILES string of the molecule is COc1ccc2c(c1)OC(C)(C)CC2NC(=S)Nc1ccccc1Cl. The minimum atomic E-state index is -0.308. The number of halogens is 1. The van der Waals surface area contributed by atoms with Gasteiger partial charge in [-0.3, -0.25) is 0 Å². The lowest BCUT2D eigenvalue weighted by Gasteiger charge is -2.38. The molecule has 1 aliphatic heterocycles. The Kier molecular flexibility index (Phi) is 5.06. The maximum atomic E-state index is 6.19. The Morgan fingerprint density at radius 3 is 2.76 bits per heavy atom. The van der Waals surface area contributed by atoms with Crippen LogP contribution in [0, 0.1) is 0 Å². The molecule has 0 aromatic heterocycles. The van der Waals surface area contributed by atoms with Crippen molar-refractivity contribution in [3.8, 4) is 11.5 Å². The van der Waals surface area contributed by atoms with E-state index in [1.54, 1.807) is 7.11 Å². The summed E-state index contributed by atoms with van der Waals surface area (Å²) in [5, 5.41) is 7.70. The molecule has 2 aromatic rings. The van der Waals surface area contributed by atoms with Crippen LogP contribution in [0.3, 0.4) is 0 Å². The zero-order chi connectivity index (χ0) is 18.0. The van der Waals surface area contributed by atoms with Crippen LogP contribution >= 0.6 is 23.8 Å². The van der Waals surface area contributed by atoms with Gasteiger partial charge in [0.1, 0.15) is 17.1 Å². The highest BCUT2D eigenvalue weighted by Crippen LogP contribution is 2.41. The van der Waals surface area contributed by atoms with Crippen molar-refractivity contribution in [2.75, 3.05) is 12.4 Å². The molecule has 25 heavy (non-hydrogen) atoms. The van der Waals surface area contributed by atoms with Crippen LogP contribution in [0.5, 0.6) is 11.5 Å². The predicted molar refractivity (Wildman–Crippen MR) is 106 cm³/mol. The van der Waals surface area contributed by atoms with Gasteiger partial charge >= 0.3 is 0 Å². The molecule has 0 spiro atoms. The number of thiocarbonyl (C=S) groups is 1. The molecule has 0 aliphatic carbocycles. The molecular weight excluding hydrogens is 356 g/mol. The monoisotopic (exact) mass is 376 g/mol. The minimum absolute atomic E-state index is 0.0344. The zero-order valence-corrected chi connectivity index (χ0v) is 16.0. The van der Waals surface area contributed by atoms with E-state index >= 15 is 0 Å². The Hall–Kier alpha value is -1.98. The quantitative estimate of drug-likeness (QED) is 0.743. The first-order chi connectivity index (χ1) is 11.9. The van der Waals surface area contributed by atoms with Gasteiger partial charge in [0, 0.05) is 18.1 Å². The van der Waals surface area contributed by atoms with Crippen LogP contribution in [0.4, 0.5) is 5.69 Å². The van der Waals surface area contributed by atoms with Gasteiger partial charge in [0.25, 0.3) is 0 Å². The van der Waals surface area contributed by atoms with Crippen molar-refractivity contribution < 1.29 is 9.47 Å². The van der Waals surface area contributed by atoms with Crippen LogP contribution in [-0.2, 0) is 0 Å². The number of rotatable bonds is 3. The number of para-hydroxylation sites is 1. The van der Waals surface area contributed by atoms with Gasteiger partial charge in [0.05, 0.1) is 23.9 Å². The first-order valence-corrected chi connectivity index (χ1v) is 8.85. The van der Waals surface area contributed by atoms with Crippen LogP contribution in [0.15, 0.2) is 42.5 Å². The summed E-state index contributed by atoms with van der Waals surface area (Å²) in [5.74, 6) is 1.58. The third-order valence-corrected chi connectivity index (χ3v) is 4.65. The van der Waals surface area contributed by atoms with E-state index in [9.17, 15) is 0 Å². The summed E-state index contributed by atoms with van der Waals surface area (Å²) in [4.78, 5) is 0. The fourth-order valence-corrected chi connectivity index (χ4v) is 3.40. The van der Waals surface area contributed by atoms with Crippen molar-refractivity contribution in [1.82, 2.24) is 5.32 Å². The standard InChI is InChI=1S/C19H21ClN2O2S/c1-19(2)11-16(13-9-8-12(23-3)10-17(13)24-19)22-18(25)21-15-7-5-4-6-14(15)20/h4-10,16H,11H2,1-3H3,(H2,21,22,25). The molecule has 3 rings (SSSR count). The second-order valence-corrected chi connectivity index (χ2v) is 7.42. The average Bonchev–Trinajstić information content (AvgIpc) is 2.55. The molecule has 0 amide bonds. The van der Waals surface area contributed by atoms with E-state index in [4.69, 9.17) is 33.3 Å². The van der Waals surface area contributed by atoms with Gasteiger partial charge in [0.2, 0.25) is 0 Å². The lowest BCUT2D eigenvalue weighted by Crippen LogP contribution is -2.42. The Bertz CT molecular complexity index is 795. The fourth-order valence-electron chi connectivity index (χ4n) is 2.97. The molecule has 0 saturated carbocycles. The highest BCUT2D eigenvalue weighted by Gasteiger charge is 2.34. The van der Waals surface area contributed by atoms with Gasteiger partial charge in [-0.1, -0.05) is 23.7 Å². The molecular formula is C19H21ClN2O2S. The largest absolute Gasteiger partial charge is 0.497 e. The Morgan fingerprint density at radius 1 is 1.28 bits per heavy atom. The van der Waals surface area contributed by atoms with Crippen molar-refractivity contribution in [2.45, 2.75) is 31.9 Å². The van der Waals surface area contributed by atoms with Crippen LogP contribution in [0.2, 0.25) is 5.02 Å². The van der Waals surface area contributed by atoms with Gasteiger partial charge in [-0.25, -0.2) is 0 Å². The molecule has 0 fully saturated rings. The highest BCUT2D eigenvalue weighted by molar-refractivity contribution is 7.80. The van der Waals surface area contributed by atoms with Crippen molar-refractivity contribution in [2.24, 2.45) is 0 Å². The second kappa shape index (κ2) is 7.10. The predicted octanol–water partition coefficient (Wildman–Crippen LogP) is 4.94. The lowest BCUT2D eigenvalue weighted by atomic mass is 9.89. The normalized spacial score (nSPS) is 17.8. The molecule has 1 heterocycles. The van der Waals surface area contributed by atoms with E-state index in [1.807, 2.05) is 42.5 Å². The number of anilines is 1. The maximum absolute atomic E-state index is 6.19. The third kappa shape index (κ3) is 4.17. The molecule has 0 radical (unpaired) electrons. The van der Waals surface area contributed by atoms with Gasteiger partial charge in [0.15, 0.2) is 5.11 Å². The number of methoxy groups -OCH3 is 1.